The number of rotatable bonds is 5. The van der Waals surface area contributed by atoms with Crippen LogP contribution in [-0.4, -0.2) is 24.3 Å². The largest absolute Gasteiger partial charge is 0.573 e. The van der Waals surface area contributed by atoms with E-state index in [1.807, 2.05) is 12.2 Å². The average Bonchev–Trinajstić information content (AvgIpc) is 2.56. The fraction of sp³-hybridized carbons (Fsp3) is 0.412. The minimum Gasteiger partial charge on any atom is -0.452 e. The molecule has 1 amide bonds. The van der Waals surface area contributed by atoms with Gasteiger partial charge in [0.2, 0.25) is 0 Å². The lowest BCUT2D eigenvalue weighted by Gasteiger charge is -2.19. The first kappa shape index (κ1) is 18.8. The van der Waals surface area contributed by atoms with Gasteiger partial charge in [-0.2, -0.15) is 0 Å². The van der Waals surface area contributed by atoms with E-state index in [9.17, 15) is 22.8 Å². The van der Waals surface area contributed by atoms with Gasteiger partial charge in [0.25, 0.3) is 5.91 Å². The molecule has 0 bridgehead atoms. The van der Waals surface area contributed by atoms with Crippen LogP contribution in [0, 0.1) is 5.92 Å². The Labute approximate surface area is 142 Å². The van der Waals surface area contributed by atoms with E-state index in [2.05, 4.69) is 10.1 Å². The number of nitrogens with one attached hydrogen (secondary N) is 1. The SMILES string of the molecule is C[C@H](OC(=O)[C@@H]1CC=CCC1)C(=O)Nc1ccc(OC(F)(F)F)cc1. The van der Waals surface area contributed by atoms with Crippen molar-refractivity contribution in [2.24, 2.45) is 5.92 Å². The molecule has 0 spiro atoms. The van der Waals surface area contributed by atoms with Crippen molar-refractivity contribution in [3.05, 3.63) is 36.4 Å². The second kappa shape index (κ2) is 8.04. The maximum Gasteiger partial charge on any atom is 0.573 e. The Morgan fingerprint density at radius 3 is 2.44 bits per heavy atom. The third-order valence-electron chi connectivity index (χ3n) is 3.62. The number of ether oxygens (including phenoxy) is 2. The Morgan fingerprint density at radius 2 is 1.88 bits per heavy atom. The number of benzene rings is 1. The fourth-order valence-electron chi connectivity index (χ4n) is 2.32. The summed E-state index contributed by atoms with van der Waals surface area (Å²) in [6.45, 7) is 1.44. The number of allylic oxidation sites excluding steroid dienone is 2. The number of alkyl halides is 3. The molecule has 0 fully saturated rings. The minimum atomic E-state index is -4.78. The molecule has 0 unspecified atom stereocenters. The summed E-state index contributed by atoms with van der Waals surface area (Å²) in [4.78, 5) is 24.0. The van der Waals surface area contributed by atoms with Gasteiger partial charge in [-0.25, -0.2) is 0 Å². The molecule has 0 saturated carbocycles. The van der Waals surface area contributed by atoms with E-state index in [1.54, 1.807) is 0 Å². The third kappa shape index (κ3) is 6.13. The molecule has 2 rings (SSSR count). The Hall–Kier alpha value is -2.51. The zero-order valence-corrected chi connectivity index (χ0v) is 13.5. The molecule has 1 aromatic carbocycles. The first-order valence-electron chi connectivity index (χ1n) is 7.77. The lowest BCUT2D eigenvalue weighted by molar-refractivity contribution is -0.274. The van der Waals surface area contributed by atoms with E-state index in [-0.39, 0.29) is 11.6 Å². The summed E-state index contributed by atoms with van der Waals surface area (Å²) in [6, 6.07) is 4.68. The Kier molecular flexibility index (Phi) is 6.06. The molecular weight excluding hydrogens is 339 g/mol. The molecule has 1 N–H and O–H groups in total. The van der Waals surface area contributed by atoms with Gasteiger partial charge in [0.1, 0.15) is 5.75 Å². The number of anilines is 1. The van der Waals surface area contributed by atoms with Crippen LogP contribution < -0.4 is 10.1 Å². The maximum atomic E-state index is 12.1. The molecule has 0 aromatic heterocycles. The molecule has 0 aliphatic heterocycles. The van der Waals surface area contributed by atoms with Crippen molar-refractivity contribution in [1.29, 1.82) is 0 Å². The van der Waals surface area contributed by atoms with E-state index in [0.717, 1.165) is 18.6 Å². The normalized spacial score (nSPS) is 18.3. The van der Waals surface area contributed by atoms with Crippen LogP contribution in [0.1, 0.15) is 26.2 Å². The van der Waals surface area contributed by atoms with Gasteiger partial charge in [0.05, 0.1) is 5.92 Å². The summed E-state index contributed by atoms with van der Waals surface area (Å²) in [5.74, 6) is -1.64. The number of hydrogen-bond donors (Lipinski definition) is 1. The van der Waals surface area contributed by atoms with Gasteiger partial charge in [-0.3, -0.25) is 9.59 Å². The smallest absolute Gasteiger partial charge is 0.452 e. The molecule has 0 radical (unpaired) electrons. The Morgan fingerprint density at radius 1 is 1.20 bits per heavy atom. The van der Waals surface area contributed by atoms with Crippen LogP contribution in [-0.2, 0) is 14.3 Å². The summed E-state index contributed by atoms with van der Waals surface area (Å²) in [7, 11) is 0. The number of halogens is 3. The summed E-state index contributed by atoms with van der Waals surface area (Å²) >= 11 is 0. The van der Waals surface area contributed by atoms with E-state index < -0.39 is 30.1 Å². The van der Waals surface area contributed by atoms with Crippen LogP contribution in [0.5, 0.6) is 5.75 Å². The molecular formula is C17H18F3NO4. The van der Waals surface area contributed by atoms with Crippen LogP contribution >= 0.6 is 0 Å². The molecule has 0 heterocycles. The van der Waals surface area contributed by atoms with Crippen molar-refractivity contribution < 1.29 is 32.2 Å². The molecule has 2 atom stereocenters. The zero-order chi connectivity index (χ0) is 18.4. The molecule has 1 aliphatic carbocycles. The van der Waals surface area contributed by atoms with E-state index in [1.165, 1.54) is 19.1 Å². The summed E-state index contributed by atoms with van der Waals surface area (Å²) in [5, 5.41) is 2.47. The topological polar surface area (TPSA) is 64.6 Å². The predicted octanol–water partition coefficient (Wildman–Crippen LogP) is 3.81. The maximum absolute atomic E-state index is 12.1. The highest BCUT2D eigenvalue weighted by Gasteiger charge is 2.31. The van der Waals surface area contributed by atoms with Crippen molar-refractivity contribution in [1.82, 2.24) is 0 Å². The van der Waals surface area contributed by atoms with Gasteiger partial charge in [-0.15, -0.1) is 13.2 Å². The van der Waals surface area contributed by atoms with Gasteiger partial charge >= 0.3 is 12.3 Å². The van der Waals surface area contributed by atoms with Gasteiger partial charge in [-0.1, -0.05) is 12.2 Å². The molecule has 1 aliphatic rings. The summed E-state index contributed by atoms with van der Waals surface area (Å²) in [6.07, 6.45) is 0.188. The molecule has 8 heteroatoms. The number of carbonyl (C=O) groups is 2. The summed E-state index contributed by atoms with van der Waals surface area (Å²) < 4.78 is 45.2. The van der Waals surface area contributed by atoms with Crippen LogP contribution in [0.3, 0.4) is 0 Å². The second-order valence-corrected chi connectivity index (χ2v) is 5.62. The molecule has 136 valence electrons. The third-order valence-corrected chi connectivity index (χ3v) is 3.62. The standard InChI is InChI=1S/C17H18F3NO4/c1-11(24-16(23)12-5-3-2-4-6-12)15(22)21-13-7-9-14(10-8-13)25-17(18,19)20/h2-3,7-12H,4-6H2,1H3,(H,21,22)/t11-,12+/m0/s1. The quantitative estimate of drug-likeness (QED) is 0.643. The number of carbonyl (C=O) groups excluding carboxylic acids is 2. The van der Waals surface area contributed by atoms with Crippen LogP contribution in [0.4, 0.5) is 18.9 Å². The number of amides is 1. The van der Waals surface area contributed by atoms with Gasteiger partial charge in [-0.05, 0) is 50.5 Å². The van der Waals surface area contributed by atoms with Crippen molar-refractivity contribution in [2.45, 2.75) is 38.7 Å². The Bertz CT molecular complexity index is 640. The van der Waals surface area contributed by atoms with Gasteiger partial charge in [0, 0.05) is 5.69 Å². The first-order valence-corrected chi connectivity index (χ1v) is 7.77. The van der Waals surface area contributed by atoms with E-state index >= 15 is 0 Å². The van der Waals surface area contributed by atoms with Crippen molar-refractivity contribution in [3.63, 3.8) is 0 Å². The van der Waals surface area contributed by atoms with Crippen LogP contribution in [0.15, 0.2) is 36.4 Å². The van der Waals surface area contributed by atoms with E-state index in [0.29, 0.717) is 12.8 Å². The number of hydrogen-bond acceptors (Lipinski definition) is 4. The Balaban J connectivity index is 1.86. The van der Waals surface area contributed by atoms with Crippen LogP contribution in [0.25, 0.3) is 0 Å². The van der Waals surface area contributed by atoms with Gasteiger partial charge in [0.15, 0.2) is 6.10 Å². The van der Waals surface area contributed by atoms with Gasteiger partial charge < -0.3 is 14.8 Å². The molecule has 1 aromatic rings. The average molecular weight is 357 g/mol. The highest BCUT2D eigenvalue weighted by atomic mass is 19.4. The molecule has 0 saturated heterocycles. The highest BCUT2D eigenvalue weighted by Crippen LogP contribution is 2.24. The predicted molar refractivity (Wildman–Crippen MR) is 83.8 cm³/mol. The summed E-state index contributed by atoms with van der Waals surface area (Å²) in [5.41, 5.74) is 0.267. The zero-order valence-electron chi connectivity index (χ0n) is 13.5. The van der Waals surface area contributed by atoms with Crippen molar-refractivity contribution in [3.8, 4) is 5.75 Å². The molecule has 5 nitrogen and oxygen atoms in total. The van der Waals surface area contributed by atoms with E-state index in [4.69, 9.17) is 4.74 Å². The lowest BCUT2D eigenvalue weighted by Crippen LogP contribution is -2.32. The van der Waals surface area contributed by atoms with Crippen molar-refractivity contribution >= 4 is 17.6 Å². The fourth-order valence-corrected chi connectivity index (χ4v) is 2.32. The number of esters is 1. The lowest BCUT2D eigenvalue weighted by atomic mass is 9.95. The second-order valence-electron chi connectivity index (χ2n) is 5.62. The van der Waals surface area contributed by atoms with Crippen molar-refractivity contribution in [2.75, 3.05) is 5.32 Å². The monoisotopic (exact) mass is 357 g/mol. The minimum absolute atomic E-state index is 0.251. The first-order chi connectivity index (χ1) is 11.7. The highest BCUT2D eigenvalue weighted by molar-refractivity contribution is 5.95. The van der Waals surface area contributed by atoms with Crippen LogP contribution in [0.2, 0.25) is 0 Å². The molecule has 25 heavy (non-hydrogen) atoms.